The molecule has 3 rings (SSSR count). The molecule has 0 radical (unpaired) electrons. The van der Waals surface area contributed by atoms with E-state index in [1.54, 1.807) is 0 Å². The zero-order chi connectivity index (χ0) is 25.9. The van der Waals surface area contributed by atoms with Crippen LogP contribution in [-0.4, -0.2) is 98.1 Å². The standard InChI is InChI=1S/C23H31NO11/c1-10(22(32)24-18-15(28)7-13(33-9-25)8-16(18)29)5-12-3-4-17(14(27)6-12)34-23-20(31)19(30)21(35-23)11(2)26/h3-6,13,15-16,18-21,23,25,27-31H,7-9H2,1-2H3,(H,24,32)/b10-5+/t13-,15-,16+,18-,19-,20-,21+,23+/m0/s1. The Labute approximate surface area is 201 Å². The van der Waals surface area contributed by atoms with Crippen LogP contribution in [0.2, 0.25) is 0 Å². The number of nitrogens with one attached hydrogen (secondary N) is 1. The summed E-state index contributed by atoms with van der Waals surface area (Å²) < 4.78 is 15.7. The Morgan fingerprint density at radius 3 is 2.31 bits per heavy atom. The number of aromatic hydroxyl groups is 1. The Morgan fingerprint density at radius 1 is 1.11 bits per heavy atom. The third-order valence-corrected chi connectivity index (χ3v) is 6.03. The fraction of sp³-hybridized carbons (Fsp3) is 0.565. The van der Waals surface area contributed by atoms with Crippen molar-refractivity contribution in [3.63, 3.8) is 0 Å². The number of aliphatic hydroxyl groups is 5. The van der Waals surface area contributed by atoms with Gasteiger partial charge in [0.05, 0.1) is 24.4 Å². The number of carbonyl (C=O) groups excluding carboxylic acids is 2. The Bertz CT molecular complexity index is 939. The topological polar surface area (TPSA) is 195 Å². The van der Waals surface area contributed by atoms with E-state index >= 15 is 0 Å². The molecule has 0 bridgehead atoms. The van der Waals surface area contributed by atoms with Gasteiger partial charge in [0.25, 0.3) is 0 Å². The molecule has 1 saturated carbocycles. The minimum atomic E-state index is -1.50. The highest BCUT2D eigenvalue weighted by Gasteiger charge is 2.46. The summed E-state index contributed by atoms with van der Waals surface area (Å²) >= 11 is 0. The largest absolute Gasteiger partial charge is 0.504 e. The normalized spacial score (nSPS) is 33.4. The summed E-state index contributed by atoms with van der Waals surface area (Å²) in [6, 6.07) is 3.27. The van der Waals surface area contributed by atoms with E-state index in [0.29, 0.717) is 5.56 Å². The lowest BCUT2D eigenvalue weighted by Crippen LogP contribution is -2.56. The molecular formula is C23H31NO11. The molecule has 1 amide bonds. The summed E-state index contributed by atoms with van der Waals surface area (Å²) in [7, 11) is 0. The second kappa shape index (κ2) is 11.4. The minimum absolute atomic E-state index is 0.0715. The van der Waals surface area contributed by atoms with E-state index in [4.69, 9.17) is 19.3 Å². The summed E-state index contributed by atoms with van der Waals surface area (Å²) in [5, 5.41) is 62.2. The lowest BCUT2D eigenvalue weighted by atomic mass is 9.87. The molecule has 2 aliphatic rings. The first kappa shape index (κ1) is 27.0. The molecule has 1 aliphatic carbocycles. The lowest BCUT2D eigenvalue weighted by molar-refractivity contribution is -0.141. The fourth-order valence-corrected chi connectivity index (χ4v) is 4.13. The van der Waals surface area contributed by atoms with E-state index in [-0.39, 0.29) is 29.9 Å². The molecule has 1 heterocycles. The van der Waals surface area contributed by atoms with Crippen molar-refractivity contribution in [1.82, 2.24) is 5.32 Å². The third kappa shape index (κ3) is 6.35. The molecule has 1 saturated heterocycles. The second-order valence-electron chi connectivity index (χ2n) is 8.71. The number of amides is 1. The predicted octanol–water partition coefficient (Wildman–Crippen LogP) is -1.45. The van der Waals surface area contributed by atoms with Crippen molar-refractivity contribution in [2.24, 2.45) is 0 Å². The van der Waals surface area contributed by atoms with Gasteiger partial charge >= 0.3 is 0 Å². The fourth-order valence-electron chi connectivity index (χ4n) is 4.13. The summed E-state index contributed by atoms with van der Waals surface area (Å²) in [4.78, 5) is 24.1. The van der Waals surface area contributed by atoms with Crippen molar-refractivity contribution in [1.29, 1.82) is 0 Å². The van der Waals surface area contributed by atoms with E-state index in [1.165, 1.54) is 38.1 Å². The first-order valence-corrected chi connectivity index (χ1v) is 11.1. The van der Waals surface area contributed by atoms with Crippen LogP contribution in [0.5, 0.6) is 11.5 Å². The maximum absolute atomic E-state index is 12.6. The van der Waals surface area contributed by atoms with Crippen molar-refractivity contribution >= 4 is 17.8 Å². The molecule has 0 spiro atoms. The Kier molecular flexibility index (Phi) is 8.83. The van der Waals surface area contributed by atoms with Gasteiger partial charge in [0.15, 0.2) is 17.3 Å². The maximum Gasteiger partial charge on any atom is 0.247 e. The summed E-state index contributed by atoms with van der Waals surface area (Å²) in [5.74, 6) is -1.43. The highest BCUT2D eigenvalue weighted by atomic mass is 16.7. The van der Waals surface area contributed by atoms with E-state index in [1.807, 2.05) is 0 Å². The van der Waals surface area contributed by atoms with Gasteiger partial charge in [-0.15, -0.1) is 0 Å². The molecule has 1 aromatic carbocycles. The number of benzene rings is 1. The number of carbonyl (C=O) groups is 2. The third-order valence-electron chi connectivity index (χ3n) is 6.03. The Morgan fingerprint density at radius 2 is 1.77 bits per heavy atom. The SMILES string of the molecule is CC(=O)[C@H]1O[C@@H](Oc2ccc(/C=C(\C)C(=O)N[C@@H]3[C@H](O)C[C@@H](OCO)C[C@@H]3O)cc2O)[C@@H](O)[C@@H]1O. The van der Waals surface area contributed by atoms with Gasteiger partial charge in [0.2, 0.25) is 12.2 Å². The highest BCUT2D eigenvalue weighted by molar-refractivity contribution is 5.97. The van der Waals surface area contributed by atoms with Gasteiger partial charge in [0.1, 0.15) is 25.1 Å². The molecule has 0 unspecified atom stereocenters. The predicted molar refractivity (Wildman–Crippen MR) is 119 cm³/mol. The lowest BCUT2D eigenvalue weighted by Gasteiger charge is -2.37. The van der Waals surface area contributed by atoms with Gasteiger partial charge < -0.3 is 50.2 Å². The van der Waals surface area contributed by atoms with Crippen LogP contribution in [-0.2, 0) is 19.1 Å². The molecule has 8 atom stereocenters. The van der Waals surface area contributed by atoms with Crippen LogP contribution in [0.1, 0.15) is 32.3 Å². The first-order valence-electron chi connectivity index (χ1n) is 11.1. The number of Topliss-reactive ketones (excluding diaryl/α,β-unsaturated/α-hetero) is 1. The van der Waals surface area contributed by atoms with Gasteiger partial charge in [-0.05, 0) is 37.6 Å². The maximum atomic E-state index is 12.6. The zero-order valence-electron chi connectivity index (χ0n) is 19.3. The molecule has 35 heavy (non-hydrogen) atoms. The molecule has 7 N–H and O–H groups in total. The van der Waals surface area contributed by atoms with Gasteiger partial charge in [-0.2, -0.15) is 0 Å². The van der Waals surface area contributed by atoms with Gasteiger partial charge in [-0.1, -0.05) is 6.07 Å². The number of phenolic OH excluding ortho intramolecular Hbond substituents is 1. The second-order valence-corrected chi connectivity index (χ2v) is 8.71. The first-order chi connectivity index (χ1) is 16.5. The van der Waals surface area contributed by atoms with Crippen LogP contribution >= 0.6 is 0 Å². The van der Waals surface area contributed by atoms with Crippen LogP contribution < -0.4 is 10.1 Å². The van der Waals surface area contributed by atoms with Crippen LogP contribution in [0.3, 0.4) is 0 Å². The molecular weight excluding hydrogens is 466 g/mol. The number of hydrogen-bond donors (Lipinski definition) is 7. The monoisotopic (exact) mass is 497 g/mol. The molecule has 12 nitrogen and oxygen atoms in total. The molecule has 194 valence electrons. The van der Waals surface area contributed by atoms with Gasteiger partial charge in [-0.25, -0.2) is 0 Å². The van der Waals surface area contributed by atoms with Crippen molar-refractivity contribution in [2.45, 2.75) is 75.6 Å². The minimum Gasteiger partial charge on any atom is -0.504 e. The van der Waals surface area contributed by atoms with E-state index in [9.17, 15) is 35.1 Å². The number of ketones is 1. The molecule has 2 fully saturated rings. The average Bonchev–Trinajstić information content (AvgIpc) is 3.07. The van der Waals surface area contributed by atoms with E-state index < -0.39 is 67.4 Å². The Balaban J connectivity index is 1.63. The highest BCUT2D eigenvalue weighted by Crippen LogP contribution is 2.32. The van der Waals surface area contributed by atoms with Crippen molar-refractivity contribution < 1.29 is 54.4 Å². The average molecular weight is 497 g/mol. The molecule has 1 aliphatic heterocycles. The van der Waals surface area contributed by atoms with Crippen LogP contribution in [0.15, 0.2) is 23.8 Å². The number of phenols is 1. The quantitative estimate of drug-likeness (QED) is 0.164. The number of hydrogen-bond acceptors (Lipinski definition) is 11. The summed E-state index contributed by atoms with van der Waals surface area (Å²) in [5.41, 5.74) is 0.659. The van der Waals surface area contributed by atoms with Crippen LogP contribution in [0.4, 0.5) is 0 Å². The number of ether oxygens (including phenoxy) is 3. The van der Waals surface area contributed by atoms with Gasteiger partial charge in [0, 0.05) is 18.4 Å². The Hall–Kier alpha value is -2.58. The van der Waals surface area contributed by atoms with Crippen LogP contribution in [0.25, 0.3) is 6.08 Å². The molecule has 12 heteroatoms. The number of rotatable bonds is 8. The van der Waals surface area contributed by atoms with Gasteiger partial charge in [-0.3, -0.25) is 9.59 Å². The van der Waals surface area contributed by atoms with Crippen molar-refractivity contribution in [3.05, 3.63) is 29.3 Å². The van der Waals surface area contributed by atoms with E-state index in [0.717, 1.165) is 0 Å². The van der Waals surface area contributed by atoms with E-state index in [2.05, 4.69) is 5.32 Å². The van der Waals surface area contributed by atoms with Crippen LogP contribution in [0, 0.1) is 0 Å². The molecule has 1 aromatic rings. The summed E-state index contributed by atoms with van der Waals surface area (Å²) in [6.07, 6.45) is -6.47. The molecule has 0 aromatic heterocycles. The number of aliphatic hydroxyl groups excluding tert-OH is 5. The van der Waals surface area contributed by atoms with Crippen molar-refractivity contribution in [3.8, 4) is 11.5 Å². The smallest absolute Gasteiger partial charge is 0.247 e. The van der Waals surface area contributed by atoms with Crippen molar-refractivity contribution in [2.75, 3.05) is 6.79 Å². The summed E-state index contributed by atoms with van der Waals surface area (Å²) in [6.45, 7) is 2.19. The zero-order valence-corrected chi connectivity index (χ0v) is 19.3.